The second-order valence-electron chi connectivity index (χ2n) is 4.77. The summed E-state index contributed by atoms with van der Waals surface area (Å²) in [6.45, 7) is 0. The molecule has 0 unspecified atom stereocenters. The Morgan fingerprint density at radius 1 is 0.833 bits per heavy atom. The zero-order chi connectivity index (χ0) is 17.4. The summed E-state index contributed by atoms with van der Waals surface area (Å²) in [4.78, 5) is 22.2. The van der Waals surface area contributed by atoms with Crippen LogP contribution in [0.15, 0.2) is 60.7 Å². The Bertz CT molecular complexity index is 755. The Kier molecular flexibility index (Phi) is 5.91. The number of ether oxygens (including phenoxy) is 2. The molecule has 0 bridgehead atoms. The largest absolute Gasteiger partial charge is 0.497 e. The number of methoxy groups -OCH3 is 1. The molecule has 24 heavy (non-hydrogen) atoms. The van der Waals surface area contributed by atoms with Gasteiger partial charge in [0.25, 0.3) is 0 Å². The predicted molar refractivity (Wildman–Crippen MR) is 90.8 cm³/mol. The molecule has 5 heteroatoms. The van der Waals surface area contributed by atoms with Crippen LogP contribution in [0.4, 0.5) is 0 Å². The highest BCUT2D eigenvalue weighted by atomic mass is 16.5. The number of benzene rings is 2. The van der Waals surface area contributed by atoms with E-state index in [1.165, 1.54) is 12.2 Å². The molecule has 0 atom stereocenters. The summed E-state index contributed by atoms with van der Waals surface area (Å²) in [7, 11) is 1.59. The summed E-state index contributed by atoms with van der Waals surface area (Å²) in [5.41, 5.74) is 1.55. The molecule has 5 nitrogen and oxygen atoms in total. The van der Waals surface area contributed by atoms with E-state index in [1.807, 2.05) is 12.1 Å². The van der Waals surface area contributed by atoms with Gasteiger partial charge >= 0.3 is 11.9 Å². The first-order chi connectivity index (χ1) is 11.6. The van der Waals surface area contributed by atoms with Crippen LogP contribution in [0.5, 0.6) is 11.5 Å². The summed E-state index contributed by atoms with van der Waals surface area (Å²) in [5, 5.41) is 8.56. The van der Waals surface area contributed by atoms with E-state index in [0.717, 1.165) is 17.4 Å². The first-order valence-corrected chi connectivity index (χ1v) is 7.12. The van der Waals surface area contributed by atoms with Gasteiger partial charge in [-0.25, -0.2) is 9.59 Å². The average molecular weight is 324 g/mol. The minimum Gasteiger partial charge on any atom is -0.497 e. The van der Waals surface area contributed by atoms with Crippen LogP contribution < -0.4 is 9.47 Å². The molecule has 0 saturated carbocycles. The molecule has 2 aromatic carbocycles. The van der Waals surface area contributed by atoms with Gasteiger partial charge in [-0.1, -0.05) is 24.3 Å². The fraction of sp³-hybridized carbons (Fsp3) is 0.0526. The summed E-state index contributed by atoms with van der Waals surface area (Å²) in [6.07, 6.45) is 5.47. The Morgan fingerprint density at radius 3 is 1.83 bits per heavy atom. The van der Waals surface area contributed by atoms with Crippen LogP contribution in [0.3, 0.4) is 0 Å². The quantitative estimate of drug-likeness (QED) is 0.501. The standard InChI is InChI=1S/C19H16O5/c1-23-16-8-2-15(3-9-16)7-13-19(22)24-17-10-4-14(5-11-17)6-12-18(20)21/h2-13H,1H3,(H,20,21)/b12-6+,13-7+. The average Bonchev–Trinajstić information content (AvgIpc) is 2.60. The maximum Gasteiger partial charge on any atom is 0.336 e. The van der Waals surface area contributed by atoms with Crippen molar-refractivity contribution in [2.45, 2.75) is 0 Å². The lowest BCUT2D eigenvalue weighted by Crippen LogP contribution is -2.03. The van der Waals surface area contributed by atoms with Gasteiger partial charge in [0.2, 0.25) is 0 Å². The third kappa shape index (κ3) is 5.46. The van der Waals surface area contributed by atoms with Crippen LogP contribution in [-0.2, 0) is 9.59 Å². The van der Waals surface area contributed by atoms with E-state index in [4.69, 9.17) is 14.6 Å². The Labute approximate surface area is 139 Å². The molecule has 0 heterocycles. The molecule has 0 aliphatic carbocycles. The highest BCUT2D eigenvalue weighted by Crippen LogP contribution is 2.15. The molecule has 0 saturated heterocycles. The van der Waals surface area contributed by atoms with E-state index < -0.39 is 11.9 Å². The molecule has 1 N–H and O–H groups in total. The van der Waals surface area contributed by atoms with Crippen LogP contribution in [0.2, 0.25) is 0 Å². The molecule has 122 valence electrons. The zero-order valence-electron chi connectivity index (χ0n) is 13.0. The Hall–Kier alpha value is -3.34. The molecule has 2 rings (SSSR count). The van der Waals surface area contributed by atoms with Crippen molar-refractivity contribution in [2.75, 3.05) is 7.11 Å². The van der Waals surface area contributed by atoms with E-state index in [1.54, 1.807) is 49.6 Å². The van der Waals surface area contributed by atoms with Crippen LogP contribution in [0, 0.1) is 0 Å². The highest BCUT2D eigenvalue weighted by molar-refractivity contribution is 5.89. The number of hydrogen-bond acceptors (Lipinski definition) is 4. The van der Waals surface area contributed by atoms with Gasteiger partial charge < -0.3 is 14.6 Å². The summed E-state index contributed by atoms with van der Waals surface area (Å²) >= 11 is 0. The Morgan fingerprint density at radius 2 is 1.33 bits per heavy atom. The lowest BCUT2D eigenvalue weighted by atomic mass is 10.2. The number of esters is 1. The maximum absolute atomic E-state index is 11.8. The van der Waals surface area contributed by atoms with Crippen molar-refractivity contribution in [3.8, 4) is 11.5 Å². The summed E-state index contributed by atoms with van der Waals surface area (Å²) < 4.78 is 10.2. The third-order valence-electron chi connectivity index (χ3n) is 3.04. The molecule has 0 fully saturated rings. The molecular formula is C19H16O5. The van der Waals surface area contributed by atoms with Crippen LogP contribution >= 0.6 is 0 Å². The normalized spacial score (nSPS) is 10.9. The SMILES string of the molecule is COc1ccc(/C=C/C(=O)Oc2ccc(/C=C/C(=O)O)cc2)cc1. The van der Waals surface area contributed by atoms with E-state index in [2.05, 4.69) is 0 Å². The first-order valence-electron chi connectivity index (χ1n) is 7.12. The monoisotopic (exact) mass is 324 g/mol. The van der Waals surface area contributed by atoms with E-state index in [9.17, 15) is 9.59 Å². The molecular weight excluding hydrogens is 308 g/mol. The van der Waals surface area contributed by atoms with Gasteiger partial charge in [-0.15, -0.1) is 0 Å². The van der Waals surface area contributed by atoms with Gasteiger partial charge in [0.05, 0.1) is 7.11 Å². The minimum absolute atomic E-state index is 0.381. The number of aliphatic carboxylic acids is 1. The molecule has 0 aliphatic rings. The van der Waals surface area contributed by atoms with Crippen LogP contribution in [-0.4, -0.2) is 24.2 Å². The van der Waals surface area contributed by atoms with Crippen molar-refractivity contribution in [3.63, 3.8) is 0 Å². The van der Waals surface area contributed by atoms with Crippen molar-refractivity contribution in [1.82, 2.24) is 0 Å². The molecule has 0 radical (unpaired) electrons. The van der Waals surface area contributed by atoms with E-state index >= 15 is 0 Å². The van der Waals surface area contributed by atoms with Crippen molar-refractivity contribution in [3.05, 3.63) is 71.8 Å². The lowest BCUT2D eigenvalue weighted by Gasteiger charge is -2.02. The van der Waals surface area contributed by atoms with Gasteiger partial charge in [-0.2, -0.15) is 0 Å². The number of carbonyl (C=O) groups is 2. The van der Waals surface area contributed by atoms with Gasteiger partial charge in [-0.3, -0.25) is 0 Å². The van der Waals surface area contributed by atoms with Crippen molar-refractivity contribution in [2.24, 2.45) is 0 Å². The fourth-order valence-corrected chi connectivity index (χ4v) is 1.84. The Balaban J connectivity index is 1.93. The van der Waals surface area contributed by atoms with E-state index in [0.29, 0.717) is 11.3 Å². The van der Waals surface area contributed by atoms with Crippen LogP contribution in [0.25, 0.3) is 12.2 Å². The number of carbonyl (C=O) groups excluding carboxylic acids is 1. The highest BCUT2D eigenvalue weighted by Gasteiger charge is 2.00. The van der Waals surface area contributed by atoms with Gasteiger partial charge in [0.1, 0.15) is 11.5 Å². The number of rotatable bonds is 6. The maximum atomic E-state index is 11.8. The summed E-state index contributed by atoms with van der Waals surface area (Å²) in [6, 6.07) is 13.8. The van der Waals surface area contributed by atoms with E-state index in [-0.39, 0.29) is 0 Å². The van der Waals surface area contributed by atoms with Crippen molar-refractivity contribution < 1.29 is 24.2 Å². The third-order valence-corrected chi connectivity index (χ3v) is 3.04. The molecule has 0 aliphatic heterocycles. The lowest BCUT2D eigenvalue weighted by molar-refractivity contribution is -0.131. The first kappa shape index (κ1) is 17.0. The molecule has 0 spiro atoms. The van der Waals surface area contributed by atoms with Gasteiger partial charge in [0, 0.05) is 12.2 Å². The van der Waals surface area contributed by atoms with Crippen molar-refractivity contribution >= 4 is 24.1 Å². The summed E-state index contributed by atoms with van der Waals surface area (Å²) in [5.74, 6) is -0.396. The predicted octanol–water partition coefficient (Wildman–Crippen LogP) is 3.41. The topological polar surface area (TPSA) is 72.8 Å². The van der Waals surface area contributed by atoms with Gasteiger partial charge in [-0.05, 0) is 47.5 Å². The second kappa shape index (κ2) is 8.33. The smallest absolute Gasteiger partial charge is 0.336 e. The molecule has 2 aromatic rings. The fourth-order valence-electron chi connectivity index (χ4n) is 1.84. The zero-order valence-corrected chi connectivity index (χ0v) is 13.0. The second-order valence-corrected chi connectivity index (χ2v) is 4.77. The van der Waals surface area contributed by atoms with Crippen LogP contribution in [0.1, 0.15) is 11.1 Å². The molecule has 0 aromatic heterocycles. The number of carboxylic acids is 1. The number of hydrogen-bond donors (Lipinski definition) is 1. The van der Waals surface area contributed by atoms with Gasteiger partial charge in [0.15, 0.2) is 0 Å². The molecule has 0 amide bonds. The van der Waals surface area contributed by atoms with Crippen molar-refractivity contribution in [1.29, 1.82) is 0 Å². The minimum atomic E-state index is -1.02. The number of carboxylic acid groups (broad SMARTS) is 1.